The predicted octanol–water partition coefficient (Wildman–Crippen LogP) is 3.44. The zero-order valence-electron chi connectivity index (χ0n) is 15.2. The van der Waals surface area contributed by atoms with E-state index in [1.807, 2.05) is 29.2 Å². The summed E-state index contributed by atoms with van der Waals surface area (Å²) in [6.07, 6.45) is 0. The monoisotopic (exact) mass is 360 g/mol. The number of thiophene rings is 1. The van der Waals surface area contributed by atoms with Crippen molar-refractivity contribution in [3.8, 4) is 5.75 Å². The van der Waals surface area contributed by atoms with Crippen molar-refractivity contribution in [3.05, 3.63) is 45.8 Å². The molecule has 1 aromatic carbocycles. The van der Waals surface area contributed by atoms with Gasteiger partial charge in [-0.15, -0.1) is 11.3 Å². The molecule has 5 nitrogen and oxygen atoms in total. The molecule has 2 aromatic rings. The van der Waals surface area contributed by atoms with Crippen molar-refractivity contribution >= 4 is 22.2 Å². The molecule has 1 aliphatic heterocycles. The van der Waals surface area contributed by atoms with E-state index >= 15 is 0 Å². The minimum Gasteiger partial charge on any atom is -0.497 e. The van der Waals surface area contributed by atoms with Crippen molar-refractivity contribution < 1.29 is 14.3 Å². The van der Waals surface area contributed by atoms with Crippen LogP contribution < -0.4 is 9.64 Å². The first-order valence-corrected chi connectivity index (χ1v) is 9.13. The van der Waals surface area contributed by atoms with Gasteiger partial charge in [0.1, 0.15) is 10.8 Å². The van der Waals surface area contributed by atoms with Crippen molar-refractivity contribution in [2.24, 2.45) is 0 Å². The molecule has 0 saturated heterocycles. The fourth-order valence-electron chi connectivity index (χ4n) is 3.01. The van der Waals surface area contributed by atoms with Gasteiger partial charge in [0.15, 0.2) is 0 Å². The van der Waals surface area contributed by atoms with Gasteiger partial charge in [-0.25, -0.2) is 0 Å². The van der Waals surface area contributed by atoms with Gasteiger partial charge < -0.3 is 9.47 Å². The number of nitrogens with zero attached hydrogens (tertiary/aromatic N) is 2. The number of fused-ring (bicyclic) bond motifs is 1. The third kappa shape index (κ3) is 3.56. The zero-order chi connectivity index (χ0) is 18.0. The Balaban J connectivity index is 1.92. The molecule has 0 unspecified atom stereocenters. The fraction of sp³-hybridized carbons (Fsp3) is 0.421. The summed E-state index contributed by atoms with van der Waals surface area (Å²) in [5.41, 5.74) is 3.21. The van der Waals surface area contributed by atoms with Crippen molar-refractivity contribution in [1.82, 2.24) is 4.90 Å². The van der Waals surface area contributed by atoms with Crippen LogP contribution in [-0.4, -0.2) is 44.8 Å². The van der Waals surface area contributed by atoms with E-state index in [2.05, 4.69) is 18.7 Å². The van der Waals surface area contributed by atoms with Gasteiger partial charge >= 0.3 is 0 Å². The maximum absolute atomic E-state index is 13.1. The zero-order valence-corrected chi connectivity index (χ0v) is 16.0. The van der Waals surface area contributed by atoms with Crippen LogP contribution >= 0.6 is 11.3 Å². The molecule has 0 fully saturated rings. The van der Waals surface area contributed by atoms with Crippen LogP contribution in [0.2, 0.25) is 0 Å². The SMILES string of the molecule is COCCN1Cc2c(sc(C)c2C)N(C(=O)c2ccc(OC)cc2)C1. The average molecular weight is 360 g/mol. The first-order valence-electron chi connectivity index (χ1n) is 8.31. The summed E-state index contributed by atoms with van der Waals surface area (Å²) in [6, 6.07) is 7.29. The highest BCUT2D eigenvalue weighted by atomic mass is 32.1. The molecule has 1 aliphatic rings. The van der Waals surface area contributed by atoms with Crippen LogP contribution in [-0.2, 0) is 11.3 Å². The number of ether oxygens (including phenoxy) is 2. The molecule has 0 atom stereocenters. The van der Waals surface area contributed by atoms with E-state index in [4.69, 9.17) is 9.47 Å². The summed E-state index contributed by atoms with van der Waals surface area (Å²) in [7, 11) is 3.33. The van der Waals surface area contributed by atoms with Crippen LogP contribution in [0.5, 0.6) is 5.75 Å². The molecule has 0 radical (unpaired) electrons. The number of hydrogen-bond donors (Lipinski definition) is 0. The Kier molecular flexibility index (Phi) is 5.42. The minimum absolute atomic E-state index is 0.0206. The first-order chi connectivity index (χ1) is 12.0. The van der Waals surface area contributed by atoms with Crippen LogP contribution in [0.25, 0.3) is 0 Å². The van der Waals surface area contributed by atoms with Gasteiger partial charge in [0.25, 0.3) is 5.91 Å². The highest BCUT2D eigenvalue weighted by Crippen LogP contribution is 2.39. The number of hydrogen-bond acceptors (Lipinski definition) is 5. The molecule has 0 saturated carbocycles. The van der Waals surface area contributed by atoms with Crippen LogP contribution in [0.4, 0.5) is 5.00 Å². The first kappa shape index (κ1) is 17.9. The third-order valence-corrected chi connectivity index (χ3v) is 5.92. The second kappa shape index (κ2) is 7.56. The normalized spacial score (nSPS) is 14.5. The van der Waals surface area contributed by atoms with Gasteiger partial charge in [-0.2, -0.15) is 0 Å². The molecule has 1 aromatic heterocycles. The molecule has 134 valence electrons. The lowest BCUT2D eigenvalue weighted by Crippen LogP contribution is -2.46. The number of rotatable bonds is 5. The van der Waals surface area contributed by atoms with Crippen LogP contribution in [0.3, 0.4) is 0 Å². The Morgan fingerprint density at radius 1 is 1.20 bits per heavy atom. The molecular formula is C19H24N2O3S. The third-order valence-electron chi connectivity index (χ3n) is 4.65. The van der Waals surface area contributed by atoms with E-state index in [0.717, 1.165) is 23.8 Å². The molecule has 0 spiro atoms. The highest BCUT2D eigenvalue weighted by molar-refractivity contribution is 7.16. The maximum Gasteiger partial charge on any atom is 0.260 e. The lowest BCUT2D eigenvalue weighted by atomic mass is 10.1. The Morgan fingerprint density at radius 2 is 1.92 bits per heavy atom. The van der Waals surface area contributed by atoms with E-state index in [1.165, 1.54) is 16.0 Å². The quantitative estimate of drug-likeness (QED) is 0.819. The molecule has 6 heteroatoms. The van der Waals surface area contributed by atoms with Gasteiger partial charge in [0, 0.05) is 36.2 Å². The number of aryl methyl sites for hydroxylation is 1. The molecule has 0 bridgehead atoms. The van der Waals surface area contributed by atoms with Crippen LogP contribution in [0, 0.1) is 13.8 Å². The van der Waals surface area contributed by atoms with Crippen LogP contribution in [0.15, 0.2) is 24.3 Å². The second-order valence-electron chi connectivity index (χ2n) is 6.22. The van der Waals surface area contributed by atoms with Gasteiger partial charge in [0.2, 0.25) is 0 Å². The van der Waals surface area contributed by atoms with E-state index < -0.39 is 0 Å². The van der Waals surface area contributed by atoms with E-state index in [1.54, 1.807) is 25.6 Å². The van der Waals surface area contributed by atoms with E-state index in [9.17, 15) is 4.79 Å². The molecule has 2 heterocycles. The number of carbonyl (C=O) groups is 1. The Hall–Kier alpha value is -1.89. The van der Waals surface area contributed by atoms with Gasteiger partial charge in [-0.1, -0.05) is 0 Å². The largest absolute Gasteiger partial charge is 0.497 e. The molecule has 0 N–H and O–H groups in total. The maximum atomic E-state index is 13.1. The fourth-order valence-corrected chi connectivity index (χ4v) is 4.17. The second-order valence-corrected chi connectivity index (χ2v) is 7.42. The summed E-state index contributed by atoms with van der Waals surface area (Å²) < 4.78 is 10.4. The Labute approximate surface area is 152 Å². The topological polar surface area (TPSA) is 42.0 Å². The Bertz CT molecular complexity index is 755. The van der Waals surface area contributed by atoms with Crippen molar-refractivity contribution in [2.75, 3.05) is 38.9 Å². The number of amides is 1. The summed E-state index contributed by atoms with van der Waals surface area (Å²) in [5, 5.41) is 1.07. The summed E-state index contributed by atoms with van der Waals surface area (Å²) in [4.78, 5) is 18.6. The van der Waals surface area contributed by atoms with Gasteiger partial charge in [0.05, 0.1) is 20.4 Å². The van der Waals surface area contributed by atoms with Gasteiger partial charge in [-0.05, 0) is 43.7 Å². The van der Waals surface area contributed by atoms with Crippen molar-refractivity contribution in [3.63, 3.8) is 0 Å². The smallest absolute Gasteiger partial charge is 0.260 e. The summed E-state index contributed by atoms with van der Waals surface area (Å²) >= 11 is 1.70. The molecule has 0 aliphatic carbocycles. The lowest BCUT2D eigenvalue weighted by molar-refractivity contribution is 0.0938. The van der Waals surface area contributed by atoms with Crippen molar-refractivity contribution in [2.45, 2.75) is 20.4 Å². The molecule has 25 heavy (non-hydrogen) atoms. The summed E-state index contributed by atoms with van der Waals surface area (Å²) in [6.45, 7) is 7.16. The van der Waals surface area contributed by atoms with Crippen molar-refractivity contribution in [1.29, 1.82) is 0 Å². The number of benzene rings is 1. The number of methoxy groups -OCH3 is 2. The number of carbonyl (C=O) groups excluding carboxylic acids is 1. The van der Waals surface area contributed by atoms with E-state index in [0.29, 0.717) is 18.8 Å². The van der Waals surface area contributed by atoms with E-state index in [-0.39, 0.29) is 5.91 Å². The standard InChI is InChI=1S/C19H24N2O3S/c1-13-14(2)25-19-17(13)11-20(9-10-23-3)12-21(19)18(22)15-5-7-16(24-4)8-6-15/h5-8H,9-12H2,1-4H3. The predicted molar refractivity (Wildman–Crippen MR) is 101 cm³/mol. The van der Waals surface area contributed by atoms with Crippen LogP contribution in [0.1, 0.15) is 26.4 Å². The lowest BCUT2D eigenvalue weighted by Gasteiger charge is -2.35. The molecule has 1 amide bonds. The highest BCUT2D eigenvalue weighted by Gasteiger charge is 2.31. The summed E-state index contributed by atoms with van der Waals surface area (Å²) in [5.74, 6) is 0.771. The van der Waals surface area contributed by atoms with Gasteiger partial charge in [-0.3, -0.25) is 14.6 Å². The molecular weight excluding hydrogens is 336 g/mol. The number of anilines is 1. The minimum atomic E-state index is 0.0206. The average Bonchev–Trinajstić information content (AvgIpc) is 2.93. The Morgan fingerprint density at radius 3 is 2.56 bits per heavy atom. The molecule has 3 rings (SSSR count).